The molecule has 0 saturated heterocycles. The highest BCUT2D eigenvalue weighted by Gasteiger charge is 2.25. The highest BCUT2D eigenvalue weighted by Crippen LogP contribution is 2.35. The Morgan fingerprint density at radius 3 is 2.82 bits per heavy atom. The molecular formula is C14H15ClN4O3. The van der Waals surface area contributed by atoms with Gasteiger partial charge in [0.25, 0.3) is 5.69 Å². The molecule has 22 heavy (non-hydrogen) atoms. The molecule has 1 saturated carbocycles. The van der Waals surface area contributed by atoms with Crippen molar-refractivity contribution in [3.05, 3.63) is 45.0 Å². The topological polar surface area (TPSA) is 83.1 Å². The van der Waals surface area contributed by atoms with Gasteiger partial charge in [-0.25, -0.2) is 0 Å². The molecule has 0 aliphatic heterocycles. The van der Waals surface area contributed by atoms with Gasteiger partial charge in [0.1, 0.15) is 23.2 Å². The van der Waals surface area contributed by atoms with Crippen LogP contribution in [0.2, 0.25) is 5.02 Å². The minimum atomic E-state index is -0.528. The largest absolute Gasteiger partial charge is 0.486 e. The molecule has 8 heteroatoms. The summed E-state index contributed by atoms with van der Waals surface area (Å²) in [4.78, 5) is 10.2. The van der Waals surface area contributed by atoms with Crippen molar-refractivity contribution in [2.24, 2.45) is 7.05 Å². The van der Waals surface area contributed by atoms with E-state index in [-0.39, 0.29) is 17.3 Å². The minimum absolute atomic E-state index is 0.0515. The van der Waals surface area contributed by atoms with Gasteiger partial charge in [-0.15, -0.1) is 10.2 Å². The van der Waals surface area contributed by atoms with E-state index in [1.165, 1.54) is 24.6 Å². The van der Waals surface area contributed by atoms with Crippen LogP contribution in [0.3, 0.4) is 0 Å². The minimum Gasteiger partial charge on any atom is -0.486 e. The second-order valence-electron chi connectivity index (χ2n) is 5.32. The second-order valence-corrected chi connectivity index (χ2v) is 5.73. The molecule has 1 fully saturated rings. The van der Waals surface area contributed by atoms with E-state index in [1.807, 2.05) is 11.6 Å². The van der Waals surface area contributed by atoms with E-state index in [4.69, 9.17) is 16.3 Å². The molecule has 1 aromatic carbocycles. The molecule has 2 aromatic rings. The Hall–Kier alpha value is -2.15. The molecule has 0 unspecified atom stereocenters. The molecule has 0 bridgehead atoms. The average Bonchev–Trinajstić information content (AvgIpc) is 2.76. The predicted molar refractivity (Wildman–Crippen MR) is 80.0 cm³/mol. The fourth-order valence-corrected chi connectivity index (χ4v) is 2.64. The van der Waals surface area contributed by atoms with Gasteiger partial charge in [0, 0.05) is 25.1 Å². The van der Waals surface area contributed by atoms with Gasteiger partial charge in [-0.2, -0.15) is 0 Å². The second kappa shape index (κ2) is 5.92. The average molecular weight is 323 g/mol. The lowest BCUT2D eigenvalue weighted by atomic mass is 9.85. The van der Waals surface area contributed by atoms with Gasteiger partial charge in [0.2, 0.25) is 0 Å². The summed E-state index contributed by atoms with van der Waals surface area (Å²) in [6.45, 7) is 0.240. The Labute approximate surface area is 132 Å². The maximum Gasteiger partial charge on any atom is 0.288 e. The van der Waals surface area contributed by atoms with Crippen molar-refractivity contribution in [2.45, 2.75) is 31.8 Å². The molecule has 3 rings (SSSR count). The van der Waals surface area contributed by atoms with Crippen molar-refractivity contribution >= 4 is 17.3 Å². The Kier molecular flexibility index (Phi) is 3.98. The number of benzene rings is 1. The zero-order valence-electron chi connectivity index (χ0n) is 12.0. The smallest absolute Gasteiger partial charge is 0.288 e. The Balaban J connectivity index is 1.69. The number of hydrogen-bond donors (Lipinski definition) is 0. The molecule has 1 aromatic heterocycles. The summed E-state index contributed by atoms with van der Waals surface area (Å²) in [5, 5.41) is 19.1. The summed E-state index contributed by atoms with van der Waals surface area (Å²) in [6, 6.07) is 4.28. The molecule has 1 heterocycles. The maximum atomic E-state index is 10.7. The summed E-state index contributed by atoms with van der Waals surface area (Å²) >= 11 is 5.85. The lowest BCUT2D eigenvalue weighted by Crippen LogP contribution is -2.15. The summed E-state index contributed by atoms with van der Waals surface area (Å²) in [7, 11) is 1.93. The normalized spacial score (nSPS) is 14.6. The van der Waals surface area contributed by atoms with Crippen molar-refractivity contribution < 1.29 is 9.66 Å². The van der Waals surface area contributed by atoms with E-state index < -0.39 is 4.92 Å². The molecule has 7 nitrogen and oxygen atoms in total. The van der Waals surface area contributed by atoms with Crippen molar-refractivity contribution in [3.63, 3.8) is 0 Å². The van der Waals surface area contributed by atoms with Crippen LogP contribution in [0.25, 0.3) is 0 Å². The van der Waals surface area contributed by atoms with Gasteiger partial charge >= 0.3 is 0 Å². The van der Waals surface area contributed by atoms with E-state index in [1.54, 1.807) is 0 Å². The fraction of sp³-hybridized carbons (Fsp3) is 0.429. The van der Waals surface area contributed by atoms with Crippen LogP contribution >= 0.6 is 11.6 Å². The van der Waals surface area contributed by atoms with E-state index >= 15 is 0 Å². The first-order valence-electron chi connectivity index (χ1n) is 7.01. The van der Waals surface area contributed by atoms with Crippen molar-refractivity contribution in [1.29, 1.82) is 0 Å². The van der Waals surface area contributed by atoms with Crippen LogP contribution in [-0.4, -0.2) is 19.7 Å². The first-order chi connectivity index (χ1) is 10.6. The molecule has 0 amide bonds. The van der Waals surface area contributed by atoms with E-state index in [2.05, 4.69) is 10.2 Å². The maximum absolute atomic E-state index is 10.7. The SMILES string of the molecule is Cn1c(COc2ccc([N+](=O)[O-])c(Cl)c2)nnc1C1CCC1. The third kappa shape index (κ3) is 2.76. The lowest BCUT2D eigenvalue weighted by Gasteiger charge is -2.24. The summed E-state index contributed by atoms with van der Waals surface area (Å²) < 4.78 is 7.56. The fourth-order valence-electron chi connectivity index (χ4n) is 2.40. The summed E-state index contributed by atoms with van der Waals surface area (Å²) in [6.07, 6.45) is 3.56. The number of ether oxygens (including phenoxy) is 1. The van der Waals surface area contributed by atoms with Crippen LogP contribution in [0.4, 0.5) is 5.69 Å². The third-order valence-corrected chi connectivity index (χ3v) is 4.26. The quantitative estimate of drug-likeness (QED) is 0.623. The molecule has 0 radical (unpaired) electrons. The number of aromatic nitrogens is 3. The monoisotopic (exact) mass is 322 g/mol. The molecule has 116 valence electrons. The van der Waals surface area contributed by atoms with E-state index in [0.717, 1.165) is 24.5 Å². The van der Waals surface area contributed by atoms with E-state index in [9.17, 15) is 10.1 Å². The number of halogens is 1. The number of rotatable bonds is 5. The van der Waals surface area contributed by atoms with Crippen molar-refractivity contribution in [1.82, 2.24) is 14.8 Å². The predicted octanol–water partition coefficient (Wildman–Crippen LogP) is 3.22. The zero-order valence-corrected chi connectivity index (χ0v) is 12.8. The van der Waals surface area contributed by atoms with E-state index in [0.29, 0.717) is 11.7 Å². The summed E-state index contributed by atoms with van der Waals surface area (Å²) in [5.41, 5.74) is -0.139. The van der Waals surface area contributed by atoms with Gasteiger partial charge in [-0.05, 0) is 18.9 Å². The standard InChI is InChI=1S/C14H15ClN4O3/c1-18-13(16-17-14(18)9-3-2-4-9)8-22-10-5-6-12(19(20)21)11(15)7-10/h5-7,9H,2-4,8H2,1H3. The van der Waals surface area contributed by atoms with Crippen LogP contribution in [0.5, 0.6) is 5.75 Å². The van der Waals surface area contributed by atoms with Gasteiger partial charge in [-0.3, -0.25) is 10.1 Å². The number of nitro groups is 1. The van der Waals surface area contributed by atoms with Crippen LogP contribution in [0, 0.1) is 10.1 Å². The van der Waals surface area contributed by atoms with Gasteiger partial charge < -0.3 is 9.30 Å². The Morgan fingerprint density at radius 1 is 1.45 bits per heavy atom. The third-order valence-electron chi connectivity index (χ3n) is 3.95. The van der Waals surface area contributed by atoms with Gasteiger partial charge in [0.05, 0.1) is 4.92 Å². The molecule has 0 atom stereocenters. The number of nitro benzene ring substituents is 1. The number of nitrogens with zero attached hydrogens (tertiary/aromatic N) is 4. The van der Waals surface area contributed by atoms with Crippen LogP contribution in [0.1, 0.15) is 36.8 Å². The van der Waals surface area contributed by atoms with Crippen LogP contribution in [0.15, 0.2) is 18.2 Å². The first kappa shape index (κ1) is 14.8. The highest BCUT2D eigenvalue weighted by molar-refractivity contribution is 6.32. The molecule has 1 aliphatic rings. The van der Waals surface area contributed by atoms with Crippen molar-refractivity contribution in [2.75, 3.05) is 0 Å². The van der Waals surface area contributed by atoms with Crippen molar-refractivity contribution in [3.8, 4) is 5.75 Å². The zero-order chi connectivity index (χ0) is 15.7. The highest BCUT2D eigenvalue weighted by atomic mass is 35.5. The van der Waals surface area contributed by atoms with Gasteiger partial charge in [0.15, 0.2) is 5.82 Å². The molecular weight excluding hydrogens is 308 g/mol. The van der Waals surface area contributed by atoms with Crippen LogP contribution < -0.4 is 4.74 Å². The molecule has 1 aliphatic carbocycles. The Bertz CT molecular complexity index is 712. The van der Waals surface area contributed by atoms with Gasteiger partial charge in [-0.1, -0.05) is 18.0 Å². The first-order valence-corrected chi connectivity index (χ1v) is 7.39. The Morgan fingerprint density at radius 2 is 2.23 bits per heavy atom. The lowest BCUT2D eigenvalue weighted by molar-refractivity contribution is -0.384. The molecule has 0 N–H and O–H groups in total. The molecule has 0 spiro atoms. The number of hydrogen-bond acceptors (Lipinski definition) is 5. The van der Waals surface area contributed by atoms with Crippen LogP contribution in [-0.2, 0) is 13.7 Å². The summed E-state index contributed by atoms with van der Waals surface area (Å²) in [5.74, 6) is 2.67.